The van der Waals surface area contributed by atoms with Crippen molar-refractivity contribution in [2.75, 3.05) is 5.32 Å². The van der Waals surface area contributed by atoms with E-state index >= 15 is 4.39 Å². The second-order valence-corrected chi connectivity index (χ2v) is 10.5. The van der Waals surface area contributed by atoms with E-state index in [4.69, 9.17) is 4.74 Å². The highest BCUT2D eigenvalue weighted by Gasteiger charge is 2.21. The smallest absolute Gasteiger partial charge is 0.261 e. The molecule has 0 unspecified atom stereocenters. The number of nitrogens with one attached hydrogen (secondary N) is 2. The standard InChI is InChI=1S/C33H28FN5O3/c1-18(2)21-10-12-26-23(14-21)30(40)28(19(3)39(26)4)32(41)38-22-11-13-27(25(34)15-22)42-33-29-24(20-8-6-5-7-9-20)16-35-31(29)36-17-37-33/h5-18H,1-4H3,(H,38,41)(H,35,36,37). The molecule has 0 aliphatic carbocycles. The Labute approximate surface area is 240 Å². The number of hydrogen-bond acceptors (Lipinski definition) is 5. The fourth-order valence-corrected chi connectivity index (χ4v) is 5.12. The number of hydrogen-bond donors (Lipinski definition) is 2. The van der Waals surface area contributed by atoms with Crippen LogP contribution in [0.2, 0.25) is 0 Å². The normalized spacial score (nSPS) is 11.4. The van der Waals surface area contributed by atoms with E-state index in [9.17, 15) is 9.59 Å². The van der Waals surface area contributed by atoms with Gasteiger partial charge in [-0.05, 0) is 48.2 Å². The molecular weight excluding hydrogens is 533 g/mol. The second-order valence-electron chi connectivity index (χ2n) is 10.5. The van der Waals surface area contributed by atoms with Gasteiger partial charge in [0.1, 0.15) is 17.5 Å². The van der Waals surface area contributed by atoms with Crippen LogP contribution in [0.15, 0.2) is 84.0 Å². The number of nitrogens with zero attached hydrogens (tertiary/aromatic N) is 3. The third-order valence-corrected chi connectivity index (χ3v) is 7.53. The fourth-order valence-electron chi connectivity index (χ4n) is 5.12. The first-order valence-electron chi connectivity index (χ1n) is 13.5. The highest BCUT2D eigenvalue weighted by molar-refractivity contribution is 6.07. The Morgan fingerprint density at radius 1 is 1.05 bits per heavy atom. The predicted molar refractivity (Wildman–Crippen MR) is 162 cm³/mol. The van der Waals surface area contributed by atoms with Crippen LogP contribution in [0.4, 0.5) is 10.1 Å². The van der Waals surface area contributed by atoms with Crippen LogP contribution in [0.25, 0.3) is 33.1 Å². The van der Waals surface area contributed by atoms with Crippen molar-refractivity contribution in [1.82, 2.24) is 19.5 Å². The number of benzene rings is 3. The molecular formula is C33H28FN5O3. The lowest BCUT2D eigenvalue weighted by Gasteiger charge is -2.16. The number of carbonyl (C=O) groups excluding carboxylic acids is 1. The molecule has 0 atom stereocenters. The second kappa shape index (κ2) is 10.6. The molecule has 6 rings (SSSR count). The van der Waals surface area contributed by atoms with Crippen molar-refractivity contribution in [3.05, 3.63) is 112 Å². The summed E-state index contributed by atoms with van der Waals surface area (Å²) < 4.78 is 23.0. The van der Waals surface area contributed by atoms with E-state index in [0.717, 1.165) is 28.3 Å². The van der Waals surface area contributed by atoms with Gasteiger partial charge in [0.05, 0.1) is 10.9 Å². The van der Waals surface area contributed by atoms with Gasteiger partial charge in [0.2, 0.25) is 11.3 Å². The average molecular weight is 562 g/mol. The molecule has 0 saturated carbocycles. The van der Waals surface area contributed by atoms with Crippen LogP contribution in [0.3, 0.4) is 0 Å². The summed E-state index contributed by atoms with van der Waals surface area (Å²) in [5, 5.41) is 3.76. The van der Waals surface area contributed by atoms with Crippen LogP contribution in [0.1, 0.15) is 41.4 Å². The molecule has 0 bridgehead atoms. The maximum Gasteiger partial charge on any atom is 0.261 e. The van der Waals surface area contributed by atoms with Crippen LogP contribution >= 0.6 is 0 Å². The molecule has 0 saturated heterocycles. The van der Waals surface area contributed by atoms with E-state index in [-0.39, 0.29) is 34.2 Å². The first-order valence-corrected chi connectivity index (χ1v) is 13.5. The summed E-state index contributed by atoms with van der Waals surface area (Å²) in [6.07, 6.45) is 3.14. The lowest BCUT2D eigenvalue weighted by molar-refractivity contribution is 0.102. The monoisotopic (exact) mass is 561 g/mol. The van der Waals surface area contributed by atoms with E-state index in [2.05, 4.69) is 20.3 Å². The van der Waals surface area contributed by atoms with E-state index in [0.29, 0.717) is 22.1 Å². The van der Waals surface area contributed by atoms with Crippen molar-refractivity contribution in [3.8, 4) is 22.8 Å². The van der Waals surface area contributed by atoms with Gasteiger partial charge in [0, 0.05) is 41.6 Å². The quantitative estimate of drug-likeness (QED) is 0.226. The summed E-state index contributed by atoms with van der Waals surface area (Å²) in [6, 6.07) is 19.5. The summed E-state index contributed by atoms with van der Waals surface area (Å²) in [5.41, 5.74) is 4.38. The predicted octanol–water partition coefficient (Wildman–Crippen LogP) is 7.09. The number of fused-ring (bicyclic) bond motifs is 2. The van der Waals surface area contributed by atoms with Crippen molar-refractivity contribution in [1.29, 1.82) is 0 Å². The Balaban J connectivity index is 1.30. The largest absolute Gasteiger partial charge is 0.435 e. The number of ether oxygens (including phenoxy) is 1. The number of aryl methyl sites for hydroxylation is 1. The third kappa shape index (κ3) is 4.68. The lowest BCUT2D eigenvalue weighted by Crippen LogP contribution is -2.26. The van der Waals surface area contributed by atoms with E-state index in [1.54, 1.807) is 13.1 Å². The molecule has 0 aliphatic heterocycles. The van der Waals surface area contributed by atoms with Gasteiger partial charge in [-0.2, -0.15) is 0 Å². The first kappa shape index (κ1) is 26.9. The molecule has 1 amide bonds. The molecule has 210 valence electrons. The van der Waals surface area contributed by atoms with Crippen molar-refractivity contribution < 1.29 is 13.9 Å². The van der Waals surface area contributed by atoms with Crippen molar-refractivity contribution in [2.24, 2.45) is 7.05 Å². The number of aromatic amines is 1. The maximum absolute atomic E-state index is 15.3. The molecule has 0 fully saturated rings. The molecule has 42 heavy (non-hydrogen) atoms. The average Bonchev–Trinajstić information content (AvgIpc) is 3.43. The van der Waals surface area contributed by atoms with Crippen molar-refractivity contribution in [3.63, 3.8) is 0 Å². The van der Waals surface area contributed by atoms with Gasteiger partial charge in [0.15, 0.2) is 11.6 Å². The highest BCUT2D eigenvalue weighted by atomic mass is 19.1. The van der Waals surface area contributed by atoms with E-state index < -0.39 is 11.7 Å². The van der Waals surface area contributed by atoms with Gasteiger partial charge < -0.3 is 19.6 Å². The Kier molecular flexibility index (Phi) is 6.78. The minimum atomic E-state index is -0.707. The Bertz CT molecular complexity index is 2050. The Hall–Kier alpha value is -5.31. The zero-order valence-corrected chi connectivity index (χ0v) is 23.5. The van der Waals surface area contributed by atoms with Crippen molar-refractivity contribution in [2.45, 2.75) is 26.7 Å². The van der Waals surface area contributed by atoms with Crippen LogP contribution in [0.5, 0.6) is 11.6 Å². The molecule has 3 aromatic heterocycles. The molecule has 0 spiro atoms. The molecule has 3 heterocycles. The minimum Gasteiger partial charge on any atom is -0.435 e. The zero-order chi connectivity index (χ0) is 29.5. The molecule has 2 N–H and O–H groups in total. The van der Waals surface area contributed by atoms with Crippen LogP contribution in [-0.2, 0) is 7.05 Å². The number of amides is 1. The van der Waals surface area contributed by atoms with Crippen LogP contribution in [-0.4, -0.2) is 25.4 Å². The Morgan fingerprint density at radius 2 is 1.83 bits per heavy atom. The number of aromatic nitrogens is 4. The summed E-state index contributed by atoms with van der Waals surface area (Å²) in [5.74, 6) is -0.988. The third-order valence-electron chi connectivity index (χ3n) is 7.53. The summed E-state index contributed by atoms with van der Waals surface area (Å²) >= 11 is 0. The fraction of sp³-hybridized carbons (Fsp3) is 0.152. The van der Waals surface area contributed by atoms with Gasteiger partial charge in [-0.3, -0.25) is 9.59 Å². The lowest BCUT2D eigenvalue weighted by atomic mass is 9.99. The van der Waals surface area contributed by atoms with Crippen LogP contribution in [0, 0.1) is 12.7 Å². The number of H-pyrrole nitrogens is 1. The van der Waals surface area contributed by atoms with Gasteiger partial charge in [-0.25, -0.2) is 14.4 Å². The van der Waals surface area contributed by atoms with E-state index in [1.165, 1.54) is 18.5 Å². The number of halogens is 1. The highest BCUT2D eigenvalue weighted by Crippen LogP contribution is 2.36. The molecule has 6 aromatic rings. The van der Waals surface area contributed by atoms with Gasteiger partial charge in [0.25, 0.3) is 5.91 Å². The minimum absolute atomic E-state index is 0.0101. The summed E-state index contributed by atoms with van der Waals surface area (Å²) in [7, 11) is 1.81. The van der Waals surface area contributed by atoms with Gasteiger partial charge in [-0.1, -0.05) is 50.2 Å². The van der Waals surface area contributed by atoms with Gasteiger partial charge in [-0.15, -0.1) is 0 Å². The summed E-state index contributed by atoms with van der Waals surface area (Å²) in [6.45, 7) is 5.81. The Morgan fingerprint density at radius 3 is 2.57 bits per heavy atom. The molecule has 8 nitrogen and oxygen atoms in total. The van der Waals surface area contributed by atoms with Gasteiger partial charge >= 0.3 is 0 Å². The van der Waals surface area contributed by atoms with Crippen LogP contribution < -0.4 is 15.5 Å². The molecule has 0 radical (unpaired) electrons. The number of carbonyl (C=O) groups is 1. The maximum atomic E-state index is 15.3. The molecule has 3 aromatic carbocycles. The number of pyridine rings is 1. The molecule has 9 heteroatoms. The number of rotatable bonds is 6. The number of anilines is 1. The summed E-state index contributed by atoms with van der Waals surface area (Å²) in [4.78, 5) is 38.4. The SMILES string of the molecule is Cc1c(C(=O)Nc2ccc(Oc3ncnc4[nH]cc(-c5ccccc5)c34)c(F)c2)c(=O)c2cc(C(C)C)ccc2n1C. The first-order chi connectivity index (χ1) is 20.2. The topological polar surface area (TPSA) is 102 Å². The van der Waals surface area contributed by atoms with E-state index in [1.807, 2.05) is 74.0 Å². The molecule has 0 aliphatic rings. The van der Waals surface area contributed by atoms with Crippen molar-refractivity contribution >= 4 is 33.5 Å². The zero-order valence-electron chi connectivity index (χ0n) is 23.5.